The first-order chi connectivity index (χ1) is 13.6. The molecule has 8 heteroatoms. The van der Waals surface area contributed by atoms with Crippen molar-refractivity contribution in [2.75, 3.05) is 6.54 Å². The quantitative estimate of drug-likeness (QED) is 0.606. The van der Waals surface area contributed by atoms with Gasteiger partial charge in [-0.25, -0.2) is 4.98 Å². The van der Waals surface area contributed by atoms with E-state index >= 15 is 0 Å². The summed E-state index contributed by atoms with van der Waals surface area (Å²) in [5, 5.41) is 11.2. The van der Waals surface area contributed by atoms with Crippen molar-refractivity contribution in [3.8, 4) is 11.4 Å². The Bertz CT molecular complexity index is 1010. The van der Waals surface area contributed by atoms with Gasteiger partial charge in [0.1, 0.15) is 6.54 Å². The number of amides is 1. The molecule has 2 heterocycles. The number of aromatic nitrogens is 4. The number of H-pyrrole nitrogens is 1. The zero-order chi connectivity index (χ0) is 19.5. The minimum Gasteiger partial charge on any atom is -0.354 e. The molecule has 0 bridgehead atoms. The smallest absolute Gasteiger partial charge is 0.240 e. The molecule has 0 radical (unpaired) electrons. The first-order valence-electron chi connectivity index (χ1n) is 9.56. The summed E-state index contributed by atoms with van der Waals surface area (Å²) >= 11 is 7.11. The number of nitrogens with one attached hydrogen (secondary N) is 2. The highest BCUT2D eigenvalue weighted by molar-refractivity contribution is 7.71. The highest BCUT2D eigenvalue weighted by Crippen LogP contribution is 2.26. The lowest BCUT2D eigenvalue weighted by Crippen LogP contribution is -2.29. The van der Waals surface area contributed by atoms with Gasteiger partial charge in [0, 0.05) is 23.4 Å². The van der Waals surface area contributed by atoms with E-state index in [-0.39, 0.29) is 12.5 Å². The SMILES string of the molecule is Cc1ccc(-c2n[nH]c(=S)n2CC(=O)NCCc2nc3c(s2)CCCC3)cc1. The largest absolute Gasteiger partial charge is 0.354 e. The van der Waals surface area contributed by atoms with Gasteiger partial charge in [-0.05, 0) is 44.8 Å². The summed E-state index contributed by atoms with van der Waals surface area (Å²) in [4.78, 5) is 18.6. The number of aryl methyl sites for hydroxylation is 3. The maximum atomic E-state index is 12.4. The van der Waals surface area contributed by atoms with Crippen molar-refractivity contribution < 1.29 is 4.79 Å². The second-order valence-corrected chi connectivity index (χ2v) is 8.64. The van der Waals surface area contributed by atoms with E-state index in [0.717, 1.165) is 29.8 Å². The molecule has 0 atom stereocenters. The number of hydrogen-bond donors (Lipinski definition) is 2. The molecule has 0 saturated carbocycles. The van der Waals surface area contributed by atoms with Gasteiger partial charge in [0.25, 0.3) is 0 Å². The van der Waals surface area contributed by atoms with E-state index in [9.17, 15) is 4.79 Å². The molecule has 3 aromatic rings. The Labute approximate surface area is 173 Å². The van der Waals surface area contributed by atoms with Crippen LogP contribution in [-0.2, 0) is 30.6 Å². The molecule has 1 aromatic carbocycles. The van der Waals surface area contributed by atoms with E-state index in [1.54, 1.807) is 15.9 Å². The van der Waals surface area contributed by atoms with Gasteiger partial charge in [-0.2, -0.15) is 5.10 Å². The van der Waals surface area contributed by atoms with E-state index in [4.69, 9.17) is 17.2 Å². The third-order valence-corrected chi connectivity index (χ3v) is 6.45. The summed E-state index contributed by atoms with van der Waals surface area (Å²) in [5.41, 5.74) is 3.37. The number of rotatable bonds is 6. The summed E-state index contributed by atoms with van der Waals surface area (Å²) in [6.07, 6.45) is 5.52. The Balaban J connectivity index is 1.36. The second-order valence-electron chi connectivity index (χ2n) is 7.09. The van der Waals surface area contributed by atoms with Crippen molar-refractivity contribution in [1.29, 1.82) is 0 Å². The predicted octanol–water partition coefficient (Wildman–Crippen LogP) is 3.61. The number of carbonyl (C=O) groups is 1. The molecule has 0 spiro atoms. The number of hydrogen-bond acceptors (Lipinski definition) is 5. The Kier molecular flexibility index (Phi) is 5.68. The van der Waals surface area contributed by atoms with Gasteiger partial charge in [0.2, 0.25) is 5.91 Å². The Hall–Kier alpha value is -2.32. The molecular formula is C20H23N5OS2. The zero-order valence-corrected chi connectivity index (χ0v) is 17.5. The van der Waals surface area contributed by atoms with Crippen molar-refractivity contribution in [3.63, 3.8) is 0 Å². The average Bonchev–Trinajstić information content (AvgIpc) is 3.26. The zero-order valence-electron chi connectivity index (χ0n) is 15.8. The van der Waals surface area contributed by atoms with Crippen LogP contribution in [-0.4, -0.2) is 32.2 Å². The molecule has 0 fully saturated rings. The van der Waals surface area contributed by atoms with Crippen molar-refractivity contribution in [3.05, 3.63) is 50.2 Å². The number of benzene rings is 1. The maximum absolute atomic E-state index is 12.4. The van der Waals surface area contributed by atoms with E-state index in [1.165, 1.54) is 29.0 Å². The van der Waals surface area contributed by atoms with Gasteiger partial charge in [-0.1, -0.05) is 29.8 Å². The normalized spacial score (nSPS) is 13.3. The number of carbonyl (C=O) groups excluding carboxylic acids is 1. The van der Waals surface area contributed by atoms with Crippen LogP contribution in [0.3, 0.4) is 0 Å². The van der Waals surface area contributed by atoms with Crippen LogP contribution in [0.2, 0.25) is 0 Å². The van der Waals surface area contributed by atoms with E-state index in [0.29, 0.717) is 17.1 Å². The van der Waals surface area contributed by atoms with Gasteiger partial charge in [0.15, 0.2) is 10.6 Å². The molecule has 28 heavy (non-hydrogen) atoms. The van der Waals surface area contributed by atoms with Crippen molar-refractivity contribution in [1.82, 2.24) is 25.1 Å². The molecule has 0 saturated heterocycles. The lowest BCUT2D eigenvalue weighted by atomic mass is 10.0. The highest BCUT2D eigenvalue weighted by atomic mass is 32.1. The van der Waals surface area contributed by atoms with Crippen LogP contribution in [0.4, 0.5) is 0 Å². The molecule has 2 N–H and O–H groups in total. The topological polar surface area (TPSA) is 75.6 Å². The summed E-state index contributed by atoms with van der Waals surface area (Å²) in [6, 6.07) is 8.01. The van der Waals surface area contributed by atoms with Crippen LogP contribution in [0.25, 0.3) is 11.4 Å². The van der Waals surface area contributed by atoms with Gasteiger partial charge in [0.05, 0.1) is 10.7 Å². The molecule has 1 amide bonds. The van der Waals surface area contributed by atoms with Gasteiger partial charge in [-0.15, -0.1) is 11.3 Å². The minimum absolute atomic E-state index is 0.0767. The molecule has 2 aromatic heterocycles. The minimum atomic E-state index is -0.0767. The van der Waals surface area contributed by atoms with Crippen LogP contribution >= 0.6 is 23.6 Å². The van der Waals surface area contributed by atoms with Crippen LogP contribution in [0.5, 0.6) is 0 Å². The lowest BCUT2D eigenvalue weighted by molar-refractivity contribution is -0.121. The monoisotopic (exact) mass is 413 g/mol. The first kappa shape index (κ1) is 19.0. The third kappa shape index (κ3) is 4.23. The van der Waals surface area contributed by atoms with Gasteiger partial charge < -0.3 is 5.32 Å². The number of aromatic amines is 1. The van der Waals surface area contributed by atoms with Crippen LogP contribution < -0.4 is 5.32 Å². The fraction of sp³-hybridized carbons (Fsp3) is 0.400. The van der Waals surface area contributed by atoms with E-state index in [1.807, 2.05) is 31.2 Å². The third-order valence-electron chi connectivity index (χ3n) is 4.92. The molecule has 1 aliphatic rings. The second kappa shape index (κ2) is 8.36. The van der Waals surface area contributed by atoms with Crippen LogP contribution in [0, 0.1) is 11.7 Å². The Morgan fingerprint density at radius 3 is 2.86 bits per heavy atom. The van der Waals surface area contributed by atoms with Crippen molar-refractivity contribution >= 4 is 29.5 Å². The predicted molar refractivity (Wildman–Crippen MR) is 113 cm³/mol. The van der Waals surface area contributed by atoms with Crippen molar-refractivity contribution in [2.24, 2.45) is 0 Å². The van der Waals surface area contributed by atoms with Crippen molar-refractivity contribution in [2.45, 2.75) is 45.6 Å². The number of fused-ring (bicyclic) bond motifs is 1. The molecule has 0 unspecified atom stereocenters. The van der Waals surface area contributed by atoms with E-state index < -0.39 is 0 Å². The first-order valence-corrected chi connectivity index (χ1v) is 10.8. The summed E-state index contributed by atoms with van der Waals surface area (Å²) in [7, 11) is 0. The highest BCUT2D eigenvalue weighted by Gasteiger charge is 2.16. The lowest BCUT2D eigenvalue weighted by Gasteiger charge is -2.08. The standard InChI is InChI=1S/C20H23N5OS2/c1-13-6-8-14(9-7-13)19-23-24-20(27)25(19)12-17(26)21-11-10-18-22-15-4-2-3-5-16(15)28-18/h6-9H,2-5,10-12H2,1H3,(H,21,26)(H,24,27). The average molecular weight is 414 g/mol. The number of thiazole rings is 1. The fourth-order valence-corrected chi connectivity index (χ4v) is 4.76. The van der Waals surface area contributed by atoms with E-state index in [2.05, 4.69) is 15.5 Å². The molecule has 1 aliphatic carbocycles. The fourth-order valence-electron chi connectivity index (χ4n) is 3.41. The van der Waals surface area contributed by atoms with Crippen LogP contribution in [0.15, 0.2) is 24.3 Å². The van der Waals surface area contributed by atoms with Gasteiger partial charge >= 0.3 is 0 Å². The number of nitrogens with zero attached hydrogens (tertiary/aromatic N) is 3. The molecule has 4 rings (SSSR count). The Morgan fingerprint density at radius 2 is 2.07 bits per heavy atom. The molecule has 6 nitrogen and oxygen atoms in total. The summed E-state index contributed by atoms with van der Waals surface area (Å²) < 4.78 is 2.18. The molecule has 146 valence electrons. The molecule has 0 aliphatic heterocycles. The molecular weight excluding hydrogens is 390 g/mol. The Morgan fingerprint density at radius 1 is 1.29 bits per heavy atom. The maximum Gasteiger partial charge on any atom is 0.240 e. The van der Waals surface area contributed by atoms with Crippen LogP contribution in [0.1, 0.15) is 34.0 Å². The summed E-state index contributed by atoms with van der Waals surface area (Å²) in [6.45, 7) is 2.76. The summed E-state index contributed by atoms with van der Waals surface area (Å²) in [5.74, 6) is 0.597. The van der Waals surface area contributed by atoms with Gasteiger partial charge in [-0.3, -0.25) is 14.5 Å².